The van der Waals surface area contributed by atoms with Gasteiger partial charge in [-0.3, -0.25) is 4.90 Å². The predicted molar refractivity (Wildman–Crippen MR) is 110 cm³/mol. The first-order valence-electron chi connectivity index (χ1n) is 9.77. The molecule has 1 aliphatic heterocycles. The van der Waals surface area contributed by atoms with E-state index in [1.54, 1.807) is 6.07 Å². The fraction of sp³-hybridized carbons (Fsp3) is 0.348. The molecule has 2 heterocycles. The molecule has 4 rings (SSSR count). The summed E-state index contributed by atoms with van der Waals surface area (Å²) in [6.07, 6.45) is 1.02. The van der Waals surface area contributed by atoms with E-state index in [2.05, 4.69) is 21.9 Å². The van der Waals surface area contributed by atoms with Crippen molar-refractivity contribution in [3.8, 4) is 0 Å². The van der Waals surface area contributed by atoms with E-state index in [4.69, 9.17) is 4.42 Å². The number of halogens is 1. The molecule has 1 aliphatic rings. The molecule has 5 heteroatoms. The first-order chi connectivity index (χ1) is 13.5. The molecule has 0 aliphatic carbocycles. The highest BCUT2D eigenvalue weighted by Crippen LogP contribution is 2.25. The molecule has 0 saturated carbocycles. The van der Waals surface area contributed by atoms with Crippen LogP contribution in [0.1, 0.15) is 23.1 Å². The minimum atomic E-state index is -0.293. The highest BCUT2D eigenvalue weighted by atomic mass is 19.1. The van der Waals surface area contributed by atoms with Crippen LogP contribution in [0, 0.1) is 19.7 Å². The summed E-state index contributed by atoms with van der Waals surface area (Å²) in [7, 11) is 0. The summed E-state index contributed by atoms with van der Waals surface area (Å²) in [5, 5.41) is 1.02. The fourth-order valence-corrected chi connectivity index (χ4v) is 3.94. The van der Waals surface area contributed by atoms with Crippen LogP contribution >= 0.6 is 0 Å². The number of aryl methyl sites for hydroxylation is 2. The zero-order valence-electron chi connectivity index (χ0n) is 16.4. The van der Waals surface area contributed by atoms with E-state index in [0.29, 0.717) is 5.58 Å². The van der Waals surface area contributed by atoms with Gasteiger partial charge in [-0.05, 0) is 61.2 Å². The van der Waals surface area contributed by atoms with Crippen molar-refractivity contribution in [2.45, 2.75) is 26.8 Å². The number of anilines is 1. The van der Waals surface area contributed by atoms with Gasteiger partial charge in [0.25, 0.3) is 0 Å². The molecule has 0 radical (unpaired) electrons. The number of nitrogens with zero attached hydrogens (tertiary/aromatic N) is 2. The summed E-state index contributed by atoms with van der Waals surface area (Å²) in [6.45, 7) is 8.43. The van der Waals surface area contributed by atoms with Gasteiger partial charge < -0.3 is 9.32 Å². The maximum absolute atomic E-state index is 13.2. The zero-order valence-corrected chi connectivity index (χ0v) is 16.4. The normalized spacial score (nSPS) is 15.8. The van der Waals surface area contributed by atoms with Crippen LogP contribution in [-0.2, 0) is 6.54 Å². The van der Waals surface area contributed by atoms with Crippen LogP contribution < -0.4 is 10.5 Å². The van der Waals surface area contributed by atoms with Crippen molar-refractivity contribution in [2.24, 2.45) is 0 Å². The molecule has 3 aromatic rings. The predicted octanol–water partition coefficient (Wildman–Crippen LogP) is 4.26. The number of hydrogen-bond acceptors (Lipinski definition) is 4. The van der Waals surface area contributed by atoms with Crippen LogP contribution in [0.3, 0.4) is 0 Å². The van der Waals surface area contributed by atoms with E-state index < -0.39 is 0 Å². The molecule has 0 spiro atoms. The smallest absolute Gasteiger partial charge is 0.336 e. The second-order valence-electron chi connectivity index (χ2n) is 7.57. The molecule has 0 atom stereocenters. The average Bonchev–Trinajstić information content (AvgIpc) is 2.91. The lowest BCUT2D eigenvalue weighted by Crippen LogP contribution is -2.30. The highest BCUT2D eigenvalue weighted by molar-refractivity contribution is 5.83. The largest absolute Gasteiger partial charge is 0.422 e. The Kier molecular flexibility index (Phi) is 5.18. The van der Waals surface area contributed by atoms with Gasteiger partial charge >= 0.3 is 5.63 Å². The Balaban J connectivity index is 1.54. The van der Waals surface area contributed by atoms with Gasteiger partial charge in [-0.1, -0.05) is 12.1 Å². The molecule has 28 heavy (non-hydrogen) atoms. The molecular formula is C23H25FN2O2. The van der Waals surface area contributed by atoms with E-state index in [0.717, 1.165) is 66.9 Å². The van der Waals surface area contributed by atoms with E-state index in [1.807, 2.05) is 26.0 Å². The van der Waals surface area contributed by atoms with Crippen LogP contribution in [0.25, 0.3) is 11.0 Å². The minimum Gasteiger partial charge on any atom is -0.422 e. The highest BCUT2D eigenvalue weighted by Gasteiger charge is 2.17. The van der Waals surface area contributed by atoms with Crippen molar-refractivity contribution in [3.63, 3.8) is 0 Å². The quantitative estimate of drug-likeness (QED) is 0.636. The van der Waals surface area contributed by atoms with Gasteiger partial charge in [0.2, 0.25) is 0 Å². The monoisotopic (exact) mass is 380 g/mol. The van der Waals surface area contributed by atoms with Crippen molar-refractivity contribution < 1.29 is 8.81 Å². The van der Waals surface area contributed by atoms with Gasteiger partial charge in [-0.15, -0.1) is 0 Å². The number of fused-ring (bicyclic) bond motifs is 1. The summed E-state index contributed by atoms with van der Waals surface area (Å²) in [5.74, 6) is -0.208. The Bertz CT molecular complexity index is 1040. The molecule has 1 saturated heterocycles. The standard InChI is InChI=1S/C23H25FN2O2/c1-16-4-9-21-18(14-22(27)28-23(21)17(16)2)15-25-10-3-11-26(13-12-25)20-7-5-19(24)6-8-20/h4-9,14H,3,10-13,15H2,1-2H3. The zero-order chi connectivity index (χ0) is 19.7. The van der Waals surface area contributed by atoms with Crippen molar-refractivity contribution >= 4 is 16.7 Å². The number of benzene rings is 2. The third-order valence-corrected chi connectivity index (χ3v) is 5.69. The Morgan fingerprint density at radius 3 is 2.57 bits per heavy atom. The molecule has 2 aromatic carbocycles. The van der Waals surface area contributed by atoms with E-state index >= 15 is 0 Å². The molecule has 4 nitrogen and oxygen atoms in total. The summed E-state index contributed by atoms with van der Waals surface area (Å²) in [4.78, 5) is 16.8. The number of rotatable bonds is 3. The van der Waals surface area contributed by atoms with Crippen molar-refractivity contribution in [2.75, 3.05) is 31.1 Å². The second-order valence-corrected chi connectivity index (χ2v) is 7.57. The lowest BCUT2D eigenvalue weighted by molar-refractivity contribution is 0.286. The van der Waals surface area contributed by atoms with Gasteiger partial charge in [0.15, 0.2) is 0 Å². The maximum Gasteiger partial charge on any atom is 0.336 e. The third-order valence-electron chi connectivity index (χ3n) is 5.69. The van der Waals surface area contributed by atoms with Crippen molar-refractivity contribution in [3.05, 3.63) is 75.4 Å². The van der Waals surface area contributed by atoms with Gasteiger partial charge in [-0.25, -0.2) is 9.18 Å². The molecular weight excluding hydrogens is 355 g/mol. The van der Waals surface area contributed by atoms with E-state index in [9.17, 15) is 9.18 Å². The van der Waals surface area contributed by atoms with Gasteiger partial charge in [0, 0.05) is 49.9 Å². The van der Waals surface area contributed by atoms with E-state index in [1.165, 1.54) is 12.1 Å². The molecule has 0 unspecified atom stereocenters. The Hall–Kier alpha value is -2.66. The van der Waals surface area contributed by atoms with Crippen LogP contribution in [-0.4, -0.2) is 31.1 Å². The molecule has 0 amide bonds. The minimum absolute atomic E-state index is 0.208. The number of hydrogen-bond donors (Lipinski definition) is 0. The summed E-state index contributed by atoms with van der Waals surface area (Å²) in [6, 6.07) is 12.5. The van der Waals surface area contributed by atoms with Crippen LogP contribution in [0.4, 0.5) is 10.1 Å². The van der Waals surface area contributed by atoms with Crippen molar-refractivity contribution in [1.82, 2.24) is 4.90 Å². The molecule has 146 valence electrons. The topological polar surface area (TPSA) is 36.7 Å². The summed E-state index contributed by atoms with van der Waals surface area (Å²) >= 11 is 0. The van der Waals surface area contributed by atoms with Crippen LogP contribution in [0.2, 0.25) is 0 Å². The lowest BCUT2D eigenvalue weighted by atomic mass is 10.0. The first kappa shape index (κ1) is 18.7. The lowest BCUT2D eigenvalue weighted by Gasteiger charge is -2.24. The Morgan fingerprint density at radius 2 is 1.79 bits per heavy atom. The molecule has 1 aromatic heterocycles. The van der Waals surface area contributed by atoms with Gasteiger partial charge in [-0.2, -0.15) is 0 Å². The Labute approximate surface area is 164 Å². The average molecular weight is 380 g/mol. The second kappa shape index (κ2) is 7.76. The summed E-state index contributed by atoms with van der Waals surface area (Å²) in [5.41, 5.74) is 4.63. The van der Waals surface area contributed by atoms with Crippen LogP contribution in [0.5, 0.6) is 0 Å². The molecule has 0 bridgehead atoms. The molecule has 0 N–H and O–H groups in total. The van der Waals surface area contributed by atoms with Crippen molar-refractivity contribution in [1.29, 1.82) is 0 Å². The first-order valence-corrected chi connectivity index (χ1v) is 9.77. The maximum atomic E-state index is 13.2. The Morgan fingerprint density at radius 1 is 1.00 bits per heavy atom. The van der Waals surface area contributed by atoms with Gasteiger partial charge in [0.05, 0.1) is 0 Å². The third kappa shape index (κ3) is 3.80. The fourth-order valence-electron chi connectivity index (χ4n) is 3.94. The van der Waals surface area contributed by atoms with Gasteiger partial charge in [0.1, 0.15) is 11.4 Å². The molecule has 1 fully saturated rings. The SMILES string of the molecule is Cc1ccc2c(CN3CCCN(c4ccc(F)cc4)CC3)cc(=O)oc2c1C. The summed E-state index contributed by atoms with van der Waals surface area (Å²) < 4.78 is 18.7. The van der Waals surface area contributed by atoms with E-state index in [-0.39, 0.29) is 11.4 Å². The van der Waals surface area contributed by atoms with Crippen LogP contribution in [0.15, 0.2) is 51.7 Å².